The highest BCUT2D eigenvalue weighted by Gasteiger charge is 2.26. The van der Waals surface area contributed by atoms with Gasteiger partial charge in [-0.25, -0.2) is 4.79 Å². The van der Waals surface area contributed by atoms with Crippen molar-refractivity contribution >= 4 is 23.8 Å². The molecule has 0 radical (unpaired) electrons. The van der Waals surface area contributed by atoms with Crippen molar-refractivity contribution in [3.8, 4) is 0 Å². The number of amides is 2. The summed E-state index contributed by atoms with van der Waals surface area (Å²) in [5, 5.41) is 11.7. The first-order chi connectivity index (χ1) is 8.84. The van der Waals surface area contributed by atoms with Crippen molar-refractivity contribution < 1.29 is 14.7 Å². The minimum Gasteiger partial charge on any atom is -0.481 e. The molecule has 1 fully saturated rings. The van der Waals surface area contributed by atoms with Crippen molar-refractivity contribution in [1.82, 2.24) is 10.2 Å². The lowest BCUT2D eigenvalue weighted by Crippen LogP contribution is -2.48. The Morgan fingerprint density at radius 1 is 1.47 bits per heavy atom. The molecule has 2 amide bonds. The van der Waals surface area contributed by atoms with Crippen LogP contribution >= 0.6 is 11.8 Å². The minimum absolute atomic E-state index is 0.0198. The number of likely N-dealkylation sites (tertiary alicyclic amines) is 1. The van der Waals surface area contributed by atoms with Gasteiger partial charge >= 0.3 is 12.0 Å². The lowest BCUT2D eigenvalue weighted by Gasteiger charge is -2.33. The largest absolute Gasteiger partial charge is 0.481 e. The van der Waals surface area contributed by atoms with Crippen molar-refractivity contribution in [2.45, 2.75) is 37.9 Å². The van der Waals surface area contributed by atoms with Crippen LogP contribution in [0.4, 0.5) is 4.79 Å². The van der Waals surface area contributed by atoms with Crippen LogP contribution in [0.1, 0.15) is 33.1 Å². The SMILES string of the molecule is CSC(C)(C)CNC(=O)N1CCCC(CC(=O)O)C1. The van der Waals surface area contributed by atoms with Gasteiger partial charge in [0, 0.05) is 30.8 Å². The summed E-state index contributed by atoms with van der Waals surface area (Å²) in [5.41, 5.74) is 0. The molecule has 0 saturated carbocycles. The Bertz CT molecular complexity index is 334. The van der Waals surface area contributed by atoms with Crippen LogP contribution in [0.25, 0.3) is 0 Å². The predicted molar refractivity (Wildman–Crippen MR) is 77.5 cm³/mol. The van der Waals surface area contributed by atoms with Crippen LogP contribution < -0.4 is 5.32 Å². The van der Waals surface area contributed by atoms with Gasteiger partial charge in [-0.05, 0) is 38.9 Å². The molecule has 0 aromatic carbocycles. The fraction of sp³-hybridized carbons (Fsp3) is 0.846. The van der Waals surface area contributed by atoms with E-state index in [0.717, 1.165) is 19.4 Å². The Hall–Kier alpha value is -0.910. The number of carboxylic acid groups (broad SMARTS) is 1. The number of carboxylic acids is 1. The Morgan fingerprint density at radius 3 is 2.74 bits per heavy atom. The summed E-state index contributed by atoms with van der Waals surface area (Å²) in [4.78, 5) is 24.5. The van der Waals surface area contributed by atoms with Crippen molar-refractivity contribution in [3.05, 3.63) is 0 Å². The summed E-state index contributed by atoms with van der Waals surface area (Å²) >= 11 is 1.71. The maximum atomic E-state index is 12.1. The Labute approximate surface area is 119 Å². The molecule has 0 aliphatic carbocycles. The fourth-order valence-corrected chi connectivity index (χ4v) is 2.35. The summed E-state index contributed by atoms with van der Waals surface area (Å²) < 4.78 is 0.0198. The molecular weight excluding hydrogens is 264 g/mol. The van der Waals surface area contributed by atoms with Gasteiger partial charge in [0.1, 0.15) is 0 Å². The Kier molecular flexibility index (Phi) is 5.97. The Morgan fingerprint density at radius 2 is 2.16 bits per heavy atom. The van der Waals surface area contributed by atoms with Crippen molar-refractivity contribution in [2.75, 3.05) is 25.9 Å². The average Bonchev–Trinajstić information content (AvgIpc) is 2.35. The number of carbonyl (C=O) groups excluding carboxylic acids is 1. The molecule has 0 aromatic heterocycles. The van der Waals surface area contributed by atoms with Crippen LogP contribution in [0.5, 0.6) is 0 Å². The van der Waals surface area contributed by atoms with E-state index in [-0.39, 0.29) is 23.1 Å². The van der Waals surface area contributed by atoms with E-state index in [1.807, 2.05) is 6.26 Å². The standard InChI is InChI=1S/C13H24N2O3S/c1-13(2,19-3)9-14-12(18)15-6-4-5-10(8-15)7-11(16)17/h10H,4-9H2,1-3H3,(H,14,18)(H,16,17). The fourth-order valence-electron chi connectivity index (χ4n) is 2.14. The van der Waals surface area contributed by atoms with Crippen molar-refractivity contribution in [2.24, 2.45) is 5.92 Å². The number of aliphatic carboxylic acids is 1. The monoisotopic (exact) mass is 288 g/mol. The molecule has 6 heteroatoms. The van der Waals surface area contributed by atoms with Gasteiger partial charge in [0.25, 0.3) is 0 Å². The summed E-state index contributed by atoms with van der Waals surface area (Å²) in [5.74, 6) is -0.693. The van der Waals surface area contributed by atoms with E-state index in [4.69, 9.17) is 5.11 Å². The minimum atomic E-state index is -0.782. The van der Waals surface area contributed by atoms with Gasteiger partial charge in [-0.1, -0.05) is 0 Å². The first-order valence-corrected chi connectivity index (χ1v) is 7.86. The summed E-state index contributed by atoms with van der Waals surface area (Å²) in [7, 11) is 0. The molecule has 1 aliphatic rings. The number of carbonyl (C=O) groups is 2. The highest BCUT2D eigenvalue weighted by Crippen LogP contribution is 2.21. The highest BCUT2D eigenvalue weighted by atomic mass is 32.2. The lowest BCUT2D eigenvalue weighted by molar-refractivity contribution is -0.138. The van der Waals surface area contributed by atoms with Crippen LogP contribution in [0, 0.1) is 5.92 Å². The second-order valence-electron chi connectivity index (χ2n) is 5.67. The third-order valence-electron chi connectivity index (χ3n) is 3.49. The van der Waals surface area contributed by atoms with Crippen LogP contribution in [0.3, 0.4) is 0 Å². The maximum absolute atomic E-state index is 12.1. The number of urea groups is 1. The second kappa shape index (κ2) is 7.03. The molecule has 1 atom stereocenters. The zero-order valence-electron chi connectivity index (χ0n) is 11.9. The lowest BCUT2D eigenvalue weighted by atomic mass is 9.95. The Balaban J connectivity index is 2.41. The van der Waals surface area contributed by atoms with Gasteiger partial charge in [-0.15, -0.1) is 0 Å². The molecule has 1 unspecified atom stereocenters. The molecule has 5 nitrogen and oxygen atoms in total. The van der Waals surface area contributed by atoms with Gasteiger partial charge in [0.05, 0.1) is 0 Å². The summed E-state index contributed by atoms with van der Waals surface area (Å²) in [6, 6.07) is -0.0720. The first kappa shape index (κ1) is 16.1. The summed E-state index contributed by atoms with van der Waals surface area (Å²) in [6.07, 6.45) is 3.96. The molecule has 2 N–H and O–H groups in total. The van der Waals surface area contributed by atoms with Gasteiger partial charge in [-0.2, -0.15) is 11.8 Å². The van der Waals surface area contributed by atoms with Gasteiger partial charge in [0.15, 0.2) is 0 Å². The molecule has 110 valence electrons. The normalized spacial score (nSPS) is 20.2. The number of thioether (sulfide) groups is 1. The topological polar surface area (TPSA) is 69.6 Å². The van der Waals surface area contributed by atoms with E-state index in [1.165, 1.54) is 0 Å². The molecule has 19 heavy (non-hydrogen) atoms. The molecule has 0 bridgehead atoms. The quantitative estimate of drug-likeness (QED) is 0.812. The molecule has 1 saturated heterocycles. The maximum Gasteiger partial charge on any atom is 0.317 e. The second-order valence-corrected chi connectivity index (χ2v) is 7.19. The number of rotatable bonds is 5. The van der Waals surface area contributed by atoms with Gasteiger partial charge < -0.3 is 15.3 Å². The number of nitrogens with one attached hydrogen (secondary N) is 1. The van der Waals surface area contributed by atoms with Crippen LogP contribution in [0.2, 0.25) is 0 Å². The van der Waals surface area contributed by atoms with Crippen LogP contribution in [-0.4, -0.2) is 52.6 Å². The van der Waals surface area contributed by atoms with Gasteiger partial charge in [0.2, 0.25) is 0 Å². The summed E-state index contributed by atoms with van der Waals surface area (Å²) in [6.45, 7) is 6.06. The van der Waals surface area contributed by atoms with Crippen LogP contribution in [0.15, 0.2) is 0 Å². The molecular formula is C13H24N2O3S. The van der Waals surface area contributed by atoms with Crippen molar-refractivity contribution in [3.63, 3.8) is 0 Å². The molecule has 0 aromatic rings. The van der Waals surface area contributed by atoms with Crippen LogP contribution in [-0.2, 0) is 4.79 Å². The molecule has 1 rings (SSSR count). The average molecular weight is 288 g/mol. The molecule has 1 aliphatic heterocycles. The third-order valence-corrected chi connectivity index (χ3v) is 4.74. The van der Waals surface area contributed by atoms with Crippen molar-refractivity contribution in [1.29, 1.82) is 0 Å². The molecule has 1 heterocycles. The van der Waals surface area contributed by atoms with E-state index >= 15 is 0 Å². The number of hydrogen-bond acceptors (Lipinski definition) is 3. The molecule has 0 spiro atoms. The number of hydrogen-bond donors (Lipinski definition) is 2. The van der Waals surface area contributed by atoms with Gasteiger partial charge in [-0.3, -0.25) is 4.79 Å². The first-order valence-electron chi connectivity index (χ1n) is 6.64. The van der Waals surface area contributed by atoms with E-state index < -0.39 is 5.97 Å². The number of nitrogens with zero attached hydrogens (tertiary/aromatic N) is 1. The van der Waals surface area contributed by atoms with E-state index in [9.17, 15) is 9.59 Å². The van der Waals surface area contributed by atoms with E-state index in [1.54, 1.807) is 16.7 Å². The number of piperidine rings is 1. The van der Waals surface area contributed by atoms with E-state index in [0.29, 0.717) is 13.1 Å². The van der Waals surface area contributed by atoms with E-state index in [2.05, 4.69) is 19.2 Å². The third kappa shape index (κ3) is 5.72. The zero-order valence-corrected chi connectivity index (χ0v) is 12.8. The predicted octanol–water partition coefficient (Wildman–Crippen LogP) is 2.02. The smallest absolute Gasteiger partial charge is 0.317 e. The zero-order chi connectivity index (χ0) is 14.5. The highest BCUT2D eigenvalue weighted by molar-refractivity contribution is 7.99.